The molecule has 2 aliphatic carbocycles. The van der Waals surface area contributed by atoms with E-state index in [9.17, 15) is 10.1 Å². The van der Waals surface area contributed by atoms with Crippen molar-refractivity contribution in [2.24, 2.45) is 5.92 Å². The molecule has 0 bridgehead atoms. The molecule has 2 N–H and O–H groups in total. The van der Waals surface area contributed by atoms with E-state index in [4.69, 9.17) is 11.6 Å². The molecule has 174 valence electrons. The molecule has 0 radical (unpaired) electrons. The van der Waals surface area contributed by atoms with Crippen molar-refractivity contribution in [2.45, 2.75) is 37.6 Å². The number of nitriles is 1. The Morgan fingerprint density at radius 3 is 2.91 bits per heavy atom. The number of hydrogen-bond donors (Lipinski definition) is 2. The largest absolute Gasteiger partial charge is 0.378 e. The summed E-state index contributed by atoms with van der Waals surface area (Å²) in [6, 6.07) is 13.3. The standard InChI is InChI=1S/C26H22ClN7O/c27-18-5-3-16(10-28)21(7-18)22-9-23(22)26(35)32-24-8-19(12-30-33-24)29-11-20-14-34-13-17(15-1-2-15)4-6-25(34)31-20/h3-8,12-15,22-23H,1-2,9,11H2,(H2,29,32,33,35). The Balaban J connectivity index is 1.09. The van der Waals surface area contributed by atoms with Crippen LogP contribution in [0.25, 0.3) is 5.65 Å². The average molecular weight is 484 g/mol. The molecule has 8 nitrogen and oxygen atoms in total. The Hall–Kier alpha value is -3.96. The molecule has 1 amide bonds. The fourth-order valence-corrected chi connectivity index (χ4v) is 4.69. The van der Waals surface area contributed by atoms with Crippen LogP contribution in [0.1, 0.15) is 53.5 Å². The summed E-state index contributed by atoms with van der Waals surface area (Å²) in [7, 11) is 0. The number of hydrogen-bond acceptors (Lipinski definition) is 6. The van der Waals surface area contributed by atoms with E-state index in [0.717, 1.165) is 22.6 Å². The van der Waals surface area contributed by atoms with Crippen molar-refractivity contribution < 1.29 is 4.79 Å². The molecule has 2 saturated carbocycles. The number of pyridine rings is 1. The third kappa shape index (κ3) is 4.55. The second kappa shape index (κ2) is 8.67. The zero-order valence-corrected chi connectivity index (χ0v) is 19.5. The Kier molecular flexibility index (Phi) is 5.34. The first-order valence-electron chi connectivity index (χ1n) is 11.6. The maximum absolute atomic E-state index is 12.8. The molecule has 2 atom stereocenters. The Bertz CT molecular complexity index is 1490. The van der Waals surface area contributed by atoms with Crippen LogP contribution in [-0.4, -0.2) is 25.5 Å². The van der Waals surface area contributed by atoms with Crippen molar-refractivity contribution in [3.05, 3.63) is 82.4 Å². The van der Waals surface area contributed by atoms with Gasteiger partial charge in [-0.15, -0.1) is 5.10 Å². The molecule has 2 aliphatic rings. The molecule has 2 fully saturated rings. The van der Waals surface area contributed by atoms with Gasteiger partial charge in [0.05, 0.1) is 35.8 Å². The van der Waals surface area contributed by atoms with Crippen LogP contribution in [-0.2, 0) is 11.3 Å². The summed E-state index contributed by atoms with van der Waals surface area (Å²) in [6.07, 6.45) is 9.02. The quantitative estimate of drug-likeness (QED) is 0.388. The predicted molar refractivity (Wildman–Crippen MR) is 132 cm³/mol. The van der Waals surface area contributed by atoms with Crippen molar-refractivity contribution in [1.29, 1.82) is 5.26 Å². The van der Waals surface area contributed by atoms with Crippen LogP contribution in [0.15, 0.2) is 55.0 Å². The van der Waals surface area contributed by atoms with Crippen LogP contribution in [0.3, 0.4) is 0 Å². The van der Waals surface area contributed by atoms with E-state index >= 15 is 0 Å². The number of imidazole rings is 1. The monoisotopic (exact) mass is 483 g/mol. The van der Waals surface area contributed by atoms with E-state index < -0.39 is 0 Å². The van der Waals surface area contributed by atoms with Gasteiger partial charge >= 0.3 is 0 Å². The molecule has 3 aromatic heterocycles. The van der Waals surface area contributed by atoms with Gasteiger partial charge in [-0.3, -0.25) is 4.79 Å². The zero-order valence-electron chi connectivity index (χ0n) is 18.8. The second-order valence-corrected chi connectivity index (χ2v) is 9.64. The first-order valence-corrected chi connectivity index (χ1v) is 12.0. The van der Waals surface area contributed by atoms with Crippen LogP contribution in [0.4, 0.5) is 11.5 Å². The Morgan fingerprint density at radius 2 is 2.09 bits per heavy atom. The van der Waals surface area contributed by atoms with Gasteiger partial charge in [0, 0.05) is 29.4 Å². The highest BCUT2D eigenvalue weighted by Crippen LogP contribution is 2.49. The van der Waals surface area contributed by atoms with Crippen LogP contribution in [0.5, 0.6) is 0 Å². The summed E-state index contributed by atoms with van der Waals surface area (Å²) >= 11 is 6.10. The maximum atomic E-state index is 12.8. The number of benzene rings is 1. The van der Waals surface area contributed by atoms with Crippen LogP contribution < -0.4 is 10.6 Å². The molecule has 35 heavy (non-hydrogen) atoms. The molecule has 1 aromatic carbocycles. The van der Waals surface area contributed by atoms with Gasteiger partial charge in [-0.25, -0.2) is 4.98 Å². The summed E-state index contributed by atoms with van der Waals surface area (Å²) in [5, 5.41) is 24.1. The third-order valence-corrected chi connectivity index (χ3v) is 6.85. The van der Waals surface area contributed by atoms with Crippen LogP contribution in [0.2, 0.25) is 5.02 Å². The van der Waals surface area contributed by atoms with Gasteiger partial charge in [-0.1, -0.05) is 17.7 Å². The lowest BCUT2D eigenvalue weighted by Crippen LogP contribution is -2.16. The lowest BCUT2D eigenvalue weighted by atomic mass is 10.0. The minimum atomic E-state index is -0.225. The van der Waals surface area contributed by atoms with Crippen molar-refractivity contribution in [1.82, 2.24) is 19.6 Å². The highest BCUT2D eigenvalue weighted by molar-refractivity contribution is 6.30. The number of aromatic nitrogens is 4. The first kappa shape index (κ1) is 21.6. The lowest BCUT2D eigenvalue weighted by molar-refractivity contribution is -0.117. The van der Waals surface area contributed by atoms with Gasteiger partial charge in [0.1, 0.15) is 5.65 Å². The van der Waals surface area contributed by atoms with Gasteiger partial charge < -0.3 is 15.0 Å². The zero-order chi connectivity index (χ0) is 23.9. The summed E-state index contributed by atoms with van der Waals surface area (Å²) in [4.78, 5) is 17.5. The topological polar surface area (TPSA) is 108 Å². The molecule has 2 unspecified atom stereocenters. The van der Waals surface area contributed by atoms with Gasteiger partial charge in [0.2, 0.25) is 5.91 Å². The molecule has 3 heterocycles. The maximum Gasteiger partial charge on any atom is 0.229 e. The van der Waals surface area contributed by atoms with Crippen LogP contribution in [0, 0.1) is 17.2 Å². The van der Waals surface area contributed by atoms with Crippen molar-refractivity contribution in [2.75, 3.05) is 10.6 Å². The smallest absolute Gasteiger partial charge is 0.229 e. The van der Waals surface area contributed by atoms with Crippen molar-refractivity contribution in [3.8, 4) is 6.07 Å². The van der Waals surface area contributed by atoms with Gasteiger partial charge in [0.15, 0.2) is 5.82 Å². The van der Waals surface area contributed by atoms with Crippen LogP contribution >= 0.6 is 11.6 Å². The molecule has 6 rings (SSSR count). The van der Waals surface area contributed by atoms with E-state index in [0.29, 0.717) is 35.3 Å². The number of nitrogens with one attached hydrogen (secondary N) is 2. The number of halogens is 1. The van der Waals surface area contributed by atoms with Gasteiger partial charge in [0.25, 0.3) is 0 Å². The number of carbonyl (C=O) groups excluding carboxylic acids is 1. The highest BCUT2D eigenvalue weighted by Gasteiger charge is 2.45. The molecule has 9 heteroatoms. The Morgan fingerprint density at radius 1 is 1.20 bits per heavy atom. The molecule has 0 saturated heterocycles. The van der Waals surface area contributed by atoms with Gasteiger partial charge in [-0.2, -0.15) is 10.4 Å². The normalized spacial score (nSPS) is 18.7. The second-order valence-electron chi connectivity index (χ2n) is 9.20. The van der Waals surface area contributed by atoms with E-state index in [2.05, 4.69) is 54.6 Å². The average Bonchev–Trinajstić information content (AvgIpc) is 3.79. The molecule has 0 spiro atoms. The van der Waals surface area contributed by atoms with Crippen molar-refractivity contribution in [3.63, 3.8) is 0 Å². The number of carbonyl (C=O) groups is 1. The fourth-order valence-electron chi connectivity index (χ4n) is 4.51. The first-order chi connectivity index (χ1) is 17.1. The van der Waals surface area contributed by atoms with E-state index in [1.807, 2.05) is 6.20 Å². The highest BCUT2D eigenvalue weighted by atomic mass is 35.5. The Labute approximate surface area is 207 Å². The molecular weight excluding hydrogens is 462 g/mol. The number of amides is 1. The van der Waals surface area contributed by atoms with E-state index in [-0.39, 0.29) is 17.7 Å². The third-order valence-electron chi connectivity index (χ3n) is 6.61. The number of nitrogens with zero attached hydrogens (tertiary/aromatic N) is 5. The lowest BCUT2D eigenvalue weighted by Gasteiger charge is -2.08. The number of anilines is 2. The molecule has 0 aliphatic heterocycles. The summed E-state index contributed by atoms with van der Waals surface area (Å²) in [5.41, 5.74) is 5.31. The van der Waals surface area contributed by atoms with E-state index in [1.54, 1.807) is 30.5 Å². The number of fused-ring (bicyclic) bond motifs is 1. The predicted octanol–water partition coefficient (Wildman–Crippen LogP) is 4.88. The summed E-state index contributed by atoms with van der Waals surface area (Å²) in [6.45, 7) is 0.524. The van der Waals surface area contributed by atoms with Crippen molar-refractivity contribution >= 4 is 34.7 Å². The number of rotatable bonds is 7. The minimum Gasteiger partial charge on any atom is -0.378 e. The minimum absolute atomic E-state index is 0.0203. The summed E-state index contributed by atoms with van der Waals surface area (Å²) < 4.78 is 2.07. The molecular formula is C26H22ClN7O. The molecule has 4 aromatic rings. The van der Waals surface area contributed by atoms with Gasteiger partial charge in [-0.05, 0) is 66.5 Å². The van der Waals surface area contributed by atoms with E-state index in [1.165, 1.54) is 18.4 Å². The fraction of sp³-hybridized carbons (Fsp3) is 0.269. The SMILES string of the molecule is N#Cc1ccc(Cl)cc1C1CC1C(=O)Nc1cc(NCc2cn3cc(C4CC4)ccc3n2)cnn1. The summed E-state index contributed by atoms with van der Waals surface area (Å²) in [5.74, 6) is 0.689.